The standard InChI is InChI=1S/C12H24O3Si/c1-6-10-16(9-4,14-5)12(8-3)15-11(13)7-2/h7,12H,2,6,8-10H2,1,3-5H3. The van der Waals surface area contributed by atoms with Gasteiger partial charge in [-0.2, -0.15) is 0 Å². The third-order valence-corrected chi connectivity index (χ3v) is 8.12. The molecule has 0 aliphatic heterocycles. The molecule has 2 unspecified atom stereocenters. The largest absolute Gasteiger partial charge is 0.460 e. The van der Waals surface area contributed by atoms with Gasteiger partial charge in [0.15, 0.2) is 0 Å². The van der Waals surface area contributed by atoms with Gasteiger partial charge in [-0.05, 0) is 18.5 Å². The van der Waals surface area contributed by atoms with Crippen LogP contribution in [0.1, 0.15) is 33.6 Å². The first-order valence-corrected chi connectivity index (χ1v) is 8.38. The highest BCUT2D eigenvalue weighted by molar-refractivity contribution is 6.75. The van der Waals surface area contributed by atoms with E-state index in [1.165, 1.54) is 6.08 Å². The SMILES string of the molecule is C=CC(=O)OC(CC)[Si](CC)(CCC)OC. The van der Waals surface area contributed by atoms with Crippen LogP contribution in [-0.4, -0.2) is 27.1 Å². The normalized spacial score (nSPS) is 16.2. The predicted octanol–water partition coefficient (Wildman–Crippen LogP) is 3.06. The first kappa shape index (κ1) is 15.4. The van der Waals surface area contributed by atoms with Gasteiger partial charge in [-0.25, -0.2) is 4.79 Å². The highest BCUT2D eigenvalue weighted by Gasteiger charge is 2.41. The maximum Gasteiger partial charge on any atom is 0.330 e. The monoisotopic (exact) mass is 244 g/mol. The second-order valence-electron chi connectivity index (χ2n) is 3.91. The molecular weight excluding hydrogens is 220 g/mol. The molecule has 0 saturated heterocycles. The molecule has 94 valence electrons. The Balaban J connectivity index is 4.81. The van der Waals surface area contributed by atoms with Crippen LogP contribution in [0.2, 0.25) is 12.1 Å². The summed E-state index contributed by atoms with van der Waals surface area (Å²) >= 11 is 0. The fourth-order valence-corrected chi connectivity index (χ4v) is 5.93. The van der Waals surface area contributed by atoms with Crippen LogP contribution in [-0.2, 0) is 14.0 Å². The number of hydrogen-bond donors (Lipinski definition) is 0. The minimum Gasteiger partial charge on any atom is -0.460 e. The van der Waals surface area contributed by atoms with Crippen molar-refractivity contribution in [2.24, 2.45) is 0 Å². The summed E-state index contributed by atoms with van der Waals surface area (Å²) in [6.45, 7) is 9.72. The van der Waals surface area contributed by atoms with Gasteiger partial charge in [0.2, 0.25) is 8.32 Å². The molecule has 0 aromatic rings. The lowest BCUT2D eigenvalue weighted by Crippen LogP contribution is -2.51. The average Bonchev–Trinajstić information content (AvgIpc) is 2.33. The van der Waals surface area contributed by atoms with Gasteiger partial charge in [0.1, 0.15) is 5.73 Å². The molecular formula is C12H24O3Si. The van der Waals surface area contributed by atoms with E-state index in [9.17, 15) is 4.79 Å². The molecule has 0 aromatic carbocycles. The van der Waals surface area contributed by atoms with Crippen LogP contribution in [0.15, 0.2) is 12.7 Å². The summed E-state index contributed by atoms with van der Waals surface area (Å²) in [5.74, 6) is -0.342. The number of esters is 1. The Morgan fingerprint density at radius 3 is 2.38 bits per heavy atom. The van der Waals surface area contributed by atoms with E-state index in [1.807, 2.05) is 6.92 Å². The lowest BCUT2D eigenvalue weighted by Gasteiger charge is -2.35. The van der Waals surface area contributed by atoms with Crippen molar-refractivity contribution in [2.75, 3.05) is 7.11 Å². The summed E-state index contributed by atoms with van der Waals surface area (Å²) in [7, 11) is -0.197. The molecule has 0 aromatic heterocycles. The zero-order valence-corrected chi connectivity index (χ0v) is 11.9. The van der Waals surface area contributed by atoms with Gasteiger partial charge >= 0.3 is 5.97 Å². The molecule has 0 rings (SSSR count). The minimum absolute atomic E-state index is 0.0621. The topological polar surface area (TPSA) is 35.5 Å². The molecule has 0 saturated carbocycles. The van der Waals surface area contributed by atoms with Gasteiger partial charge in [-0.3, -0.25) is 0 Å². The zero-order chi connectivity index (χ0) is 12.6. The minimum atomic E-state index is -1.94. The maximum atomic E-state index is 11.3. The smallest absolute Gasteiger partial charge is 0.330 e. The number of carbonyl (C=O) groups excluding carboxylic acids is 1. The molecule has 0 radical (unpaired) electrons. The van der Waals surface area contributed by atoms with Crippen LogP contribution in [0.3, 0.4) is 0 Å². The number of hydrogen-bond acceptors (Lipinski definition) is 3. The van der Waals surface area contributed by atoms with Crippen LogP contribution in [0.25, 0.3) is 0 Å². The van der Waals surface area contributed by atoms with Crippen LogP contribution in [0.4, 0.5) is 0 Å². The van der Waals surface area contributed by atoms with Gasteiger partial charge in [-0.15, -0.1) is 0 Å². The lowest BCUT2D eigenvalue weighted by molar-refractivity contribution is -0.140. The van der Waals surface area contributed by atoms with E-state index in [0.29, 0.717) is 0 Å². The summed E-state index contributed by atoms with van der Waals surface area (Å²) in [5.41, 5.74) is -0.0621. The van der Waals surface area contributed by atoms with E-state index in [-0.39, 0.29) is 11.7 Å². The molecule has 2 atom stereocenters. The highest BCUT2D eigenvalue weighted by atomic mass is 28.4. The molecule has 0 heterocycles. The average molecular weight is 244 g/mol. The van der Waals surface area contributed by atoms with Crippen LogP contribution in [0, 0.1) is 0 Å². The first-order chi connectivity index (χ1) is 7.60. The van der Waals surface area contributed by atoms with E-state index < -0.39 is 8.32 Å². The lowest BCUT2D eigenvalue weighted by atomic mass is 10.5. The molecule has 0 amide bonds. The van der Waals surface area contributed by atoms with Gasteiger partial charge in [-0.1, -0.05) is 33.8 Å². The second kappa shape index (κ2) is 7.63. The number of carbonyl (C=O) groups is 1. The third kappa shape index (κ3) is 3.76. The van der Waals surface area contributed by atoms with Crippen molar-refractivity contribution in [3.63, 3.8) is 0 Å². The fraction of sp³-hybridized carbons (Fsp3) is 0.750. The third-order valence-electron chi connectivity index (χ3n) is 3.06. The van der Waals surface area contributed by atoms with Crippen molar-refractivity contribution in [2.45, 2.75) is 51.4 Å². The Kier molecular flexibility index (Phi) is 7.33. The maximum absolute atomic E-state index is 11.3. The summed E-state index contributed by atoms with van der Waals surface area (Å²) < 4.78 is 11.2. The van der Waals surface area contributed by atoms with Crippen LogP contribution < -0.4 is 0 Å². The number of ether oxygens (including phenoxy) is 1. The summed E-state index contributed by atoms with van der Waals surface area (Å²) in [5, 5.41) is 0. The quantitative estimate of drug-likeness (QED) is 0.374. The van der Waals surface area contributed by atoms with Gasteiger partial charge in [0.25, 0.3) is 0 Å². The van der Waals surface area contributed by atoms with E-state index in [4.69, 9.17) is 9.16 Å². The van der Waals surface area contributed by atoms with Gasteiger partial charge in [0, 0.05) is 13.2 Å². The number of rotatable bonds is 8. The van der Waals surface area contributed by atoms with E-state index >= 15 is 0 Å². The van der Waals surface area contributed by atoms with Crippen molar-refractivity contribution >= 4 is 14.3 Å². The van der Waals surface area contributed by atoms with Crippen molar-refractivity contribution in [3.05, 3.63) is 12.7 Å². The van der Waals surface area contributed by atoms with E-state index in [1.54, 1.807) is 7.11 Å². The highest BCUT2D eigenvalue weighted by Crippen LogP contribution is 2.26. The Morgan fingerprint density at radius 1 is 1.44 bits per heavy atom. The summed E-state index contributed by atoms with van der Waals surface area (Å²) in [6.07, 6.45) is 3.10. The Morgan fingerprint density at radius 2 is 2.06 bits per heavy atom. The van der Waals surface area contributed by atoms with Gasteiger partial charge < -0.3 is 9.16 Å². The van der Waals surface area contributed by atoms with E-state index in [2.05, 4.69) is 20.4 Å². The van der Waals surface area contributed by atoms with E-state index in [0.717, 1.165) is 24.9 Å². The fourth-order valence-electron chi connectivity index (χ4n) is 2.12. The molecule has 0 aliphatic rings. The molecule has 0 fully saturated rings. The zero-order valence-electron chi connectivity index (χ0n) is 10.9. The summed E-state index contributed by atoms with van der Waals surface area (Å²) in [6, 6.07) is 2.00. The molecule has 0 spiro atoms. The Hall–Kier alpha value is -0.613. The summed E-state index contributed by atoms with van der Waals surface area (Å²) in [4.78, 5) is 11.3. The van der Waals surface area contributed by atoms with Crippen LogP contribution in [0.5, 0.6) is 0 Å². The molecule has 3 nitrogen and oxygen atoms in total. The van der Waals surface area contributed by atoms with Gasteiger partial charge in [0.05, 0.1) is 0 Å². The molecule has 0 bridgehead atoms. The van der Waals surface area contributed by atoms with Crippen molar-refractivity contribution in [1.29, 1.82) is 0 Å². The first-order valence-electron chi connectivity index (χ1n) is 5.98. The predicted molar refractivity (Wildman–Crippen MR) is 68.7 cm³/mol. The second-order valence-corrected chi connectivity index (χ2v) is 8.30. The Labute approximate surface area is 100.0 Å². The molecule has 0 aliphatic carbocycles. The van der Waals surface area contributed by atoms with Crippen LogP contribution >= 0.6 is 0 Å². The molecule has 4 heteroatoms. The van der Waals surface area contributed by atoms with Crippen molar-refractivity contribution in [3.8, 4) is 0 Å². The molecule has 16 heavy (non-hydrogen) atoms. The Bertz CT molecular complexity index is 224. The molecule has 0 N–H and O–H groups in total. The van der Waals surface area contributed by atoms with Crippen molar-refractivity contribution < 1.29 is 14.0 Å². The van der Waals surface area contributed by atoms with Crippen molar-refractivity contribution in [1.82, 2.24) is 0 Å².